The first-order valence-corrected chi connectivity index (χ1v) is 10.9. The van der Waals surface area contributed by atoms with Crippen LogP contribution in [0.15, 0.2) is 36.7 Å². The number of amides is 4. The summed E-state index contributed by atoms with van der Waals surface area (Å²) in [5.41, 5.74) is -4.79. The molecule has 0 atom stereocenters. The Morgan fingerprint density at radius 2 is 1.51 bits per heavy atom. The predicted octanol–water partition coefficient (Wildman–Crippen LogP) is 5.29. The normalized spacial score (nSPS) is 11.8. The number of benzene rings is 1. The maximum absolute atomic E-state index is 14.2. The zero-order valence-electron chi connectivity index (χ0n) is 19.1. The van der Waals surface area contributed by atoms with Crippen LogP contribution in [-0.2, 0) is 12.4 Å². The molecule has 0 aliphatic heterocycles. The van der Waals surface area contributed by atoms with Gasteiger partial charge in [0, 0.05) is 30.5 Å². The van der Waals surface area contributed by atoms with Crippen LogP contribution in [0.3, 0.4) is 0 Å². The molecule has 3 rings (SSSR count). The summed E-state index contributed by atoms with van der Waals surface area (Å²) in [5.74, 6) is -1.35. The van der Waals surface area contributed by atoms with E-state index in [4.69, 9.17) is 11.6 Å². The van der Waals surface area contributed by atoms with Gasteiger partial charge in [0.25, 0.3) is 5.95 Å². The van der Waals surface area contributed by atoms with Crippen molar-refractivity contribution in [2.75, 3.05) is 18.0 Å². The van der Waals surface area contributed by atoms with Crippen LogP contribution in [0.25, 0.3) is 17.1 Å². The molecule has 4 amide bonds. The Morgan fingerprint density at radius 1 is 0.946 bits per heavy atom. The molecule has 0 saturated carbocycles. The third-order valence-electron chi connectivity index (χ3n) is 4.66. The second-order valence-corrected chi connectivity index (χ2v) is 7.67. The van der Waals surface area contributed by atoms with E-state index in [9.17, 15) is 35.9 Å². The molecule has 0 bridgehead atoms. The highest BCUT2D eigenvalue weighted by atomic mass is 35.5. The predicted molar refractivity (Wildman–Crippen MR) is 120 cm³/mol. The summed E-state index contributed by atoms with van der Waals surface area (Å²) in [6.07, 6.45) is -7.91. The van der Waals surface area contributed by atoms with Crippen molar-refractivity contribution in [1.29, 1.82) is 0 Å². The van der Waals surface area contributed by atoms with Crippen molar-refractivity contribution in [3.05, 3.63) is 52.9 Å². The molecule has 2 N–H and O–H groups in total. The van der Waals surface area contributed by atoms with Gasteiger partial charge >= 0.3 is 24.4 Å². The van der Waals surface area contributed by atoms with Gasteiger partial charge in [-0.3, -0.25) is 0 Å². The zero-order chi connectivity index (χ0) is 27.5. The minimum atomic E-state index is -5.25. The number of aromatic nitrogens is 4. The SMILES string of the molecule is CCNC(=O)N(C(=O)NCC)c1c(-c2cc(Cl)cc(C(F)(F)F)c2)c(C(F)(F)F)nn1-c1ncccn1. The third-order valence-corrected chi connectivity index (χ3v) is 4.88. The van der Waals surface area contributed by atoms with Crippen LogP contribution in [0.5, 0.6) is 0 Å². The molecule has 37 heavy (non-hydrogen) atoms. The molecule has 0 fully saturated rings. The molecule has 0 aliphatic rings. The van der Waals surface area contributed by atoms with E-state index in [0.29, 0.717) is 16.8 Å². The number of halogens is 7. The highest BCUT2D eigenvalue weighted by Crippen LogP contribution is 2.45. The van der Waals surface area contributed by atoms with Gasteiger partial charge in [0.15, 0.2) is 11.5 Å². The smallest absolute Gasteiger partial charge is 0.338 e. The number of rotatable bonds is 5. The molecular weight excluding hydrogens is 532 g/mol. The molecule has 9 nitrogen and oxygen atoms in total. The molecule has 2 aromatic heterocycles. The Bertz CT molecular complexity index is 1280. The fourth-order valence-electron chi connectivity index (χ4n) is 3.26. The molecule has 0 radical (unpaired) electrons. The minimum absolute atomic E-state index is 0.0401. The number of hydrogen-bond donors (Lipinski definition) is 2. The van der Waals surface area contributed by atoms with Gasteiger partial charge in [-0.15, -0.1) is 0 Å². The number of urea groups is 2. The van der Waals surface area contributed by atoms with Crippen LogP contribution in [0, 0.1) is 0 Å². The zero-order valence-corrected chi connectivity index (χ0v) is 19.8. The van der Waals surface area contributed by atoms with E-state index in [-0.39, 0.29) is 18.0 Å². The number of imide groups is 1. The fourth-order valence-corrected chi connectivity index (χ4v) is 3.50. The van der Waals surface area contributed by atoms with E-state index in [2.05, 4.69) is 25.7 Å². The van der Waals surface area contributed by atoms with Crippen molar-refractivity contribution >= 4 is 29.5 Å². The van der Waals surface area contributed by atoms with Crippen molar-refractivity contribution < 1.29 is 35.9 Å². The molecule has 3 aromatic rings. The molecule has 0 spiro atoms. The van der Waals surface area contributed by atoms with Crippen LogP contribution >= 0.6 is 11.6 Å². The first kappa shape index (κ1) is 27.7. The van der Waals surface area contributed by atoms with Crippen LogP contribution in [0.1, 0.15) is 25.1 Å². The van der Waals surface area contributed by atoms with Gasteiger partial charge in [-0.25, -0.2) is 19.6 Å². The molecule has 16 heteroatoms. The summed E-state index contributed by atoms with van der Waals surface area (Å²) < 4.78 is 83.8. The quantitative estimate of drug-likeness (QED) is 0.421. The second kappa shape index (κ2) is 10.6. The maximum atomic E-state index is 14.2. The highest BCUT2D eigenvalue weighted by molar-refractivity contribution is 6.31. The van der Waals surface area contributed by atoms with Gasteiger partial charge in [0.05, 0.1) is 11.1 Å². The van der Waals surface area contributed by atoms with Crippen LogP contribution in [0.2, 0.25) is 5.02 Å². The van der Waals surface area contributed by atoms with E-state index in [1.165, 1.54) is 19.9 Å². The second-order valence-electron chi connectivity index (χ2n) is 7.24. The average molecular weight is 550 g/mol. The Hall–Kier alpha value is -3.88. The summed E-state index contributed by atoms with van der Waals surface area (Å²) in [5, 5.41) is 7.54. The average Bonchev–Trinajstić information content (AvgIpc) is 3.20. The van der Waals surface area contributed by atoms with E-state index in [0.717, 1.165) is 18.5 Å². The summed E-state index contributed by atoms with van der Waals surface area (Å²) in [7, 11) is 0. The molecule has 2 heterocycles. The molecule has 0 saturated heterocycles. The maximum Gasteiger partial charge on any atom is 0.435 e. The minimum Gasteiger partial charge on any atom is -0.338 e. The lowest BCUT2D eigenvalue weighted by atomic mass is 10.0. The molecule has 198 valence electrons. The monoisotopic (exact) mass is 549 g/mol. The van der Waals surface area contributed by atoms with Crippen molar-refractivity contribution in [3.63, 3.8) is 0 Å². The van der Waals surface area contributed by atoms with E-state index < -0.39 is 63.6 Å². The number of hydrogen-bond acceptors (Lipinski definition) is 5. The van der Waals surface area contributed by atoms with Gasteiger partial charge in [0.2, 0.25) is 0 Å². The fraction of sp³-hybridized carbons (Fsp3) is 0.286. The van der Waals surface area contributed by atoms with Gasteiger partial charge in [-0.1, -0.05) is 11.6 Å². The molecular formula is C21H18ClF6N7O2. The number of nitrogens with zero attached hydrogens (tertiary/aromatic N) is 5. The number of carbonyl (C=O) groups is 2. The Kier molecular flexibility index (Phi) is 7.95. The lowest BCUT2D eigenvalue weighted by Gasteiger charge is -2.23. The van der Waals surface area contributed by atoms with Gasteiger partial charge < -0.3 is 10.6 Å². The number of nitrogens with one attached hydrogen (secondary N) is 2. The third kappa shape index (κ3) is 5.93. The van der Waals surface area contributed by atoms with Crippen molar-refractivity contribution in [2.45, 2.75) is 26.2 Å². The summed E-state index contributed by atoms with van der Waals surface area (Å²) in [4.78, 5) is 33.9. The van der Waals surface area contributed by atoms with Crippen molar-refractivity contribution in [2.24, 2.45) is 0 Å². The van der Waals surface area contributed by atoms with Gasteiger partial charge in [-0.2, -0.15) is 41.0 Å². The molecule has 0 aliphatic carbocycles. The largest absolute Gasteiger partial charge is 0.435 e. The van der Waals surface area contributed by atoms with E-state index in [1.54, 1.807) is 0 Å². The Morgan fingerprint density at radius 3 is 2.00 bits per heavy atom. The lowest BCUT2D eigenvalue weighted by Crippen LogP contribution is -2.49. The Balaban J connectivity index is 2.52. The van der Waals surface area contributed by atoms with Gasteiger partial charge in [0.1, 0.15) is 0 Å². The topological polar surface area (TPSA) is 105 Å². The number of alkyl halides is 6. The Labute approximate surface area is 210 Å². The standard InChI is InChI=1S/C21H18ClF6N7O2/c1-3-29-18(36)34(19(37)30-4-2)16-14(11-8-12(20(23,24)25)10-13(22)9-11)15(21(26,27)28)33-35(16)17-31-6-5-7-32-17/h5-10H,3-4H2,1-2H3,(H,29,36)(H,30,37). The summed E-state index contributed by atoms with van der Waals surface area (Å²) >= 11 is 5.85. The van der Waals surface area contributed by atoms with Gasteiger partial charge in [-0.05, 0) is 43.7 Å². The first-order chi connectivity index (χ1) is 17.3. The highest BCUT2D eigenvalue weighted by Gasteiger charge is 2.44. The number of carbonyl (C=O) groups excluding carboxylic acids is 2. The van der Waals surface area contributed by atoms with E-state index in [1.807, 2.05) is 0 Å². The molecule has 0 unspecified atom stereocenters. The van der Waals surface area contributed by atoms with Crippen molar-refractivity contribution in [1.82, 2.24) is 30.4 Å². The van der Waals surface area contributed by atoms with Crippen LogP contribution in [-0.4, -0.2) is 44.9 Å². The lowest BCUT2D eigenvalue weighted by molar-refractivity contribution is -0.140. The van der Waals surface area contributed by atoms with E-state index >= 15 is 0 Å². The van der Waals surface area contributed by atoms with Crippen LogP contribution < -0.4 is 15.5 Å². The van der Waals surface area contributed by atoms with Crippen LogP contribution in [0.4, 0.5) is 41.7 Å². The summed E-state index contributed by atoms with van der Waals surface area (Å²) in [6, 6.07) is 0.740. The molecule has 1 aromatic carbocycles. The van der Waals surface area contributed by atoms with Crippen molar-refractivity contribution in [3.8, 4) is 17.1 Å². The number of anilines is 1. The summed E-state index contributed by atoms with van der Waals surface area (Å²) in [6.45, 7) is 2.89. The first-order valence-electron chi connectivity index (χ1n) is 10.5.